The van der Waals surface area contributed by atoms with Gasteiger partial charge in [0.25, 0.3) is 5.56 Å². The van der Waals surface area contributed by atoms with Crippen molar-refractivity contribution < 1.29 is 7.24 Å². The van der Waals surface area contributed by atoms with Gasteiger partial charge in [0.1, 0.15) is 0 Å². The largest absolute Gasteiger partial charge is 2.00 e. The number of aromatic nitrogens is 2. The fraction of sp³-hybridized carbons (Fsp3) is 0. The first-order valence-electron chi connectivity index (χ1n) is 2.17. The second-order valence-corrected chi connectivity index (χ2v) is 1.42. The maximum atomic E-state index is 12.0. The van der Waals surface area contributed by atoms with Gasteiger partial charge in [0.2, 0.25) is 5.82 Å². The van der Waals surface area contributed by atoms with Gasteiger partial charge < -0.3 is 7.84 Å². The molecule has 0 amide bonds. The van der Waals surface area contributed by atoms with Crippen molar-refractivity contribution in [3.63, 3.8) is 0 Å². The summed E-state index contributed by atoms with van der Waals surface area (Å²) in [5.41, 5.74) is -1.71. The second kappa shape index (κ2) is 3.90. The van der Waals surface area contributed by atoms with Gasteiger partial charge in [-0.15, -0.1) is 0 Å². The Labute approximate surface area is 87.4 Å². The van der Waals surface area contributed by atoms with Crippen LogP contribution in [-0.4, -0.2) is 47.7 Å². The van der Waals surface area contributed by atoms with Gasteiger partial charge in [-0.2, -0.15) is 4.39 Å². The van der Waals surface area contributed by atoms with Crippen LogP contribution in [0.25, 0.3) is 0 Å². The fourth-order valence-electron chi connectivity index (χ4n) is 0.393. The summed E-state index contributed by atoms with van der Waals surface area (Å²) in [5, 5.41) is 0. The van der Waals surface area contributed by atoms with E-state index in [-0.39, 0.29) is 40.6 Å². The van der Waals surface area contributed by atoms with Crippen molar-refractivity contribution in [2.75, 3.05) is 0 Å². The summed E-state index contributed by atoms with van der Waals surface area (Å²) in [6.45, 7) is 0. The van der Waals surface area contributed by atoms with E-state index in [9.17, 15) is 14.0 Å². The average molecular weight is 172 g/mol. The number of halogens is 1. The van der Waals surface area contributed by atoms with Crippen LogP contribution in [0.15, 0.2) is 15.8 Å². The van der Waals surface area contributed by atoms with Crippen molar-refractivity contribution in [2.45, 2.75) is 0 Å². The van der Waals surface area contributed by atoms with Gasteiger partial charge in [-0.3, -0.25) is 9.78 Å². The normalized spacial score (nSPS) is 8.50. The van der Waals surface area contributed by atoms with E-state index in [4.69, 9.17) is 0 Å². The molecule has 0 saturated heterocycles. The van der Waals surface area contributed by atoms with Gasteiger partial charge in [-0.1, -0.05) is 0 Å². The van der Waals surface area contributed by atoms with E-state index in [0.29, 0.717) is 6.20 Å². The van der Waals surface area contributed by atoms with E-state index in [2.05, 4.69) is 0 Å². The van der Waals surface area contributed by atoms with Crippen LogP contribution in [0.5, 0.6) is 0 Å². The summed E-state index contributed by atoms with van der Waals surface area (Å²) in [5.74, 6) is -0.991. The zero-order valence-corrected chi connectivity index (χ0v) is 7.19. The summed E-state index contributed by atoms with van der Waals surface area (Å²) >= 11 is 0. The molecule has 0 aromatic carbocycles. The van der Waals surface area contributed by atoms with Crippen molar-refractivity contribution in [3.05, 3.63) is 32.9 Å². The molecule has 1 aromatic rings. The molecule has 0 aliphatic carbocycles. The Bertz CT molecular complexity index is 325. The average Bonchev–Trinajstić information content (AvgIpc) is 1.80. The van der Waals surface area contributed by atoms with E-state index in [1.165, 1.54) is 0 Å². The van der Waals surface area contributed by atoms with Crippen LogP contribution in [0.1, 0.15) is 2.85 Å². The van der Waals surface area contributed by atoms with Crippen LogP contribution in [0.4, 0.5) is 4.39 Å². The SMILES string of the molecule is O=c1[nH]cc(F)c(=O)[nH]1.[Ca+2].[H-].[H-]. The third-order valence-corrected chi connectivity index (χ3v) is 0.774. The fourth-order valence-corrected chi connectivity index (χ4v) is 0.393. The Morgan fingerprint density at radius 1 is 1.50 bits per heavy atom. The summed E-state index contributed by atoms with van der Waals surface area (Å²) < 4.78 is 12.0. The third kappa shape index (κ3) is 2.24. The van der Waals surface area contributed by atoms with Crippen LogP contribution in [0.3, 0.4) is 0 Å². The van der Waals surface area contributed by atoms with Crippen LogP contribution in [-0.2, 0) is 0 Å². The smallest absolute Gasteiger partial charge is 1.00 e. The minimum Gasteiger partial charge on any atom is -1.00 e. The Morgan fingerprint density at radius 2 is 2.10 bits per heavy atom. The molecule has 0 saturated carbocycles. The van der Waals surface area contributed by atoms with Crippen LogP contribution < -0.4 is 11.2 Å². The van der Waals surface area contributed by atoms with Gasteiger partial charge in [0.15, 0.2) is 0 Å². The van der Waals surface area contributed by atoms with Crippen molar-refractivity contribution in [1.29, 1.82) is 0 Å². The molecular formula is C4H5CaFN2O2. The van der Waals surface area contributed by atoms with Crippen LogP contribution in [0.2, 0.25) is 0 Å². The minimum absolute atomic E-state index is 0. The molecule has 0 atom stereocenters. The minimum atomic E-state index is -1.00. The van der Waals surface area contributed by atoms with E-state index < -0.39 is 17.1 Å². The summed E-state index contributed by atoms with van der Waals surface area (Å²) in [4.78, 5) is 24.0. The topological polar surface area (TPSA) is 65.7 Å². The molecule has 0 spiro atoms. The molecule has 1 rings (SSSR count). The molecule has 4 nitrogen and oxygen atoms in total. The Hall–Kier alpha value is -0.130. The monoisotopic (exact) mass is 172 g/mol. The first-order valence-corrected chi connectivity index (χ1v) is 2.17. The molecule has 0 unspecified atom stereocenters. The molecule has 6 heteroatoms. The van der Waals surface area contributed by atoms with Crippen molar-refractivity contribution >= 4 is 37.7 Å². The van der Waals surface area contributed by atoms with E-state index in [1.807, 2.05) is 4.98 Å². The van der Waals surface area contributed by atoms with Crippen molar-refractivity contribution in [2.24, 2.45) is 0 Å². The molecule has 0 aliphatic rings. The van der Waals surface area contributed by atoms with Gasteiger partial charge in [0.05, 0.1) is 0 Å². The number of nitrogens with one attached hydrogen (secondary N) is 2. The first-order chi connectivity index (χ1) is 4.20. The van der Waals surface area contributed by atoms with Crippen molar-refractivity contribution in [1.82, 2.24) is 9.97 Å². The van der Waals surface area contributed by atoms with Crippen molar-refractivity contribution in [3.8, 4) is 0 Å². The Morgan fingerprint density at radius 3 is 2.50 bits per heavy atom. The van der Waals surface area contributed by atoms with E-state index in [1.54, 1.807) is 4.98 Å². The molecule has 10 heavy (non-hydrogen) atoms. The number of hydrogen-bond acceptors (Lipinski definition) is 2. The quantitative estimate of drug-likeness (QED) is 0.495. The zero-order valence-electron chi connectivity index (χ0n) is 6.98. The van der Waals surface area contributed by atoms with Crippen LogP contribution >= 0.6 is 0 Å². The van der Waals surface area contributed by atoms with Crippen LogP contribution in [0, 0.1) is 5.82 Å². The number of H-pyrrole nitrogens is 2. The zero-order chi connectivity index (χ0) is 6.85. The number of rotatable bonds is 0. The number of aromatic amines is 2. The van der Waals surface area contributed by atoms with Gasteiger partial charge in [-0.25, -0.2) is 4.79 Å². The molecular weight excluding hydrogens is 167 g/mol. The van der Waals surface area contributed by atoms with E-state index >= 15 is 0 Å². The standard InChI is InChI=1S/C4H3FN2O2.Ca.2H/c5-2-1-6-4(9)7-3(2)8;;;/h1H,(H2,6,7,8,9);;;/q;+2;2*-1. The van der Waals surface area contributed by atoms with E-state index in [0.717, 1.165) is 0 Å². The molecule has 1 heterocycles. The predicted molar refractivity (Wildman–Crippen MR) is 35.6 cm³/mol. The van der Waals surface area contributed by atoms with Gasteiger partial charge in [0, 0.05) is 6.20 Å². The molecule has 52 valence electrons. The predicted octanol–water partition coefficient (Wildman–Crippen LogP) is -0.954. The summed E-state index contributed by atoms with van der Waals surface area (Å²) in [6, 6.07) is 0. The number of hydrogen-bond donors (Lipinski definition) is 2. The molecule has 0 aliphatic heterocycles. The van der Waals surface area contributed by atoms with Gasteiger partial charge in [-0.05, 0) is 0 Å². The molecule has 0 bridgehead atoms. The third-order valence-electron chi connectivity index (χ3n) is 0.774. The molecule has 0 fully saturated rings. The molecule has 2 N–H and O–H groups in total. The second-order valence-electron chi connectivity index (χ2n) is 1.42. The maximum absolute atomic E-state index is 12.0. The van der Waals surface area contributed by atoms with Gasteiger partial charge >= 0.3 is 43.4 Å². The Kier molecular flexibility index (Phi) is 3.85. The molecule has 1 aromatic heterocycles. The summed E-state index contributed by atoms with van der Waals surface area (Å²) in [7, 11) is 0. The molecule has 0 radical (unpaired) electrons. The maximum Gasteiger partial charge on any atom is 2.00 e. The summed E-state index contributed by atoms with van der Waals surface area (Å²) in [6.07, 6.45) is 0.709. The first kappa shape index (κ1) is 9.87. The Balaban J connectivity index is -0.000000270.